The number of rotatable bonds is 2. The summed E-state index contributed by atoms with van der Waals surface area (Å²) in [6, 6.07) is 7.47. The first-order valence-electron chi connectivity index (χ1n) is 7.75. The lowest BCUT2D eigenvalue weighted by Crippen LogP contribution is -2.34. The first-order chi connectivity index (χ1) is 9.22. The molecule has 19 heavy (non-hydrogen) atoms. The monoisotopic (exact) mass is 369 g/mol. The van der Waals surface area contributed by atoms with E-state index in [0.717, 1.165) is 11.8 Å². The van der Waals surface area contributed by atoms with Gasteiger partial charge in [0.2, 0.25) is 0 Å². The Kier molecular flexibility index (Phi) is 4.35. The van der Waals surface area contributed by atoms with E-state index < -0.39 is 0 Å². The Morgan fingerprint density at radius 1 is 1.05 bits per heavy atom. The maximum absolute atomic E-state index is 3.78. The molecule has 2 aliphatic carbocycles. The van der Waals surface area contributed by atoms with Crippen molar-refractivity contribution in [1.82, 2.24) is 0 Å². The van der Waals surface area contributed by atoms with E-state index in [4.69, 9.17) is 0 Å². The van der Waals surface area contributed by atoms with Crippen molar-refractivity contribution in [3.63, 3.8) is 0 Å². The van der Waals surface area contributed by atoms with Crippen LogP contribution in [0.25, 0.3) is 0 Å². The van der Waals surface area contributed by atoms with Gasteiger partial charge in [0, 0.05) is 15.3 Å². The van der Waals surface area contributed by atoms with Gasteiger partial charge in [0.05, 0.1) is 0 Å². The first-order valence-corrected chi connectivity index (χ1v) is 8.83. The molecule has 1 aromatic carbocycles. The van der Waals surface area contributed by atoms with Crippen LogP contribution < -0.4 is 5.32 Å². The number of fused-ring (bicyclic) bond motifs is 1. The molecule has 2 saturated carbocycles. The van der Waals surface area contributed by atoms with Crippen LogP contribution >= 0.6 is 22.6 Å². The number of benzene rings is 1. The minimum atomic E-state index is 0.706. The minimum Gasteiger partial charge on any atom is -0.382 e. The quantitative estimate of drug-likeness (QED) is 0.691. The van der Waals surface area contributed by atoms with Crippen LogP contribution in [0.2, 0.25) is 0 Å². The second-order valence-electron chi connectivity index (χ2n) is 6.42. The smallest absolute Gasteiger partial charge is 0.0353 e. The normalized spacial score (nSPS) is 30.7. The molecule has 2 fully saturated rings. The molecule has 2 aliphatic rings. The van der Waals surface area contributed by atoms with Crippen molar-refractivity contribution in [2.75, 3.05) is 5.32 Å². The molecule has 3 unspecified atom stereocenters. The number of hydrogen-bond donors (Lipinski definition) is 1. The van der Waals surface area contributed by atoms with Gasteiger partial charge in [-0.3, -0.25) is 0 Å². The molecule has 3 rings (SSSR count). The number of halogens is 1. The average molecular weight is 369 g/mol. The molecular formula is C17H24IN. The molecule has 0 spiro atoms. The van der Waals surface area contributed by atoms with Crippen molar-refractivity contribution in [2.24, 2.45) is 11.8 Å². The van der Waals surface area contributed by atoms with E-state index in [1.54, 1.807) is 0 Å². The molecule has 1 nitrogen and oxygen atoms in total. The third-order valence-corrected chi connectivity index (χ3v) is 6.24. The zero-order chi connectivity index (χ0) is 13.2. The molecule has 2 heteroatoms. The highest BCUT2D eigenvalue weighted by Crippen LogP contribution is 2.41. The van der Waals surface area contributed by atoms with E-state index in [1.807, 2.05) is 0 Å². The van der Waals surface area contributed by atoms with Crippen molar-refractivity contribution in [3.05, 3.63) is 27.3 Å². The van der Waals surface area contributed by atoms with Crippen LogP contribution in [0.15, 0.2) is 18.2 Å². The fourth-order valence-electron chi connectivity index (χ4n) is 3.92. The topological polar surface area (TPSA) is 12.0 Å². The summed E-state index contributed by atoms with van der Waals surface area (Å²) < 4.78 is 1.37. The van der Waals surface area contributed by atoms with Gasteiger partial charge in [-0.05, 0) is 78.3 Å². The van der Waals surface area contributed by atoms with Crippen LogP contribution in [0.1, 0.15) is 50.5 Å². The van der Waals surface area contributed by atoms with E-state index in [-0.39, 0.29) is 0 Å². The highest BCUT2D eigenvalue weighted by Gasteiger charge is 2.31. The molecule has 1 N–H and O–H groups in total. The van der Waals surface area contributed by atoms with Gasteiger partial charge in [-0.1, -0.05) is 31.7 Å². The summed E-state index contributed by atoms with van der Waals surface area (Å²) in [7, 11) is 0. The Balaban J connectivity index is 1.62. The largest absolute Gasteiger partial charge is 0.382 e. The Morgan fingerprint density at radius 3 is 2.63 bits per heavy atom. The van der Waals surface area contributed by atoms with Crippen LogP contribution in [0.4, 0.5) is 5.69 Å². The number of hydrogen-bond acceptors (Lipinski definition) is 1. The van der Waals surface area contributed by atoms with Gasteiger partial charge in [0.15, 0.2) is 0 Å². The molecule has 0 bridgehead atoms. The van der Waals surface area contributed by atoms with Gasteiger partial charge in [0.25, 0.3) is 0 Å². The average Bonchev–Trinajstić information content (AvgIpc) is 2.43. The van der Waals surface area contributed by atoms with Crippen LogP contribution in [0, 0.1) is 22.3 Å². The zero-order valence-corrected chi connectivity index (χ0v) is 13.9. The number of nitrogens with one attached hydrogen (secondary N) is 1. The molecule has 0 aliphatic heterocycles. The predicted molar refractivity (Wildman–Crippen MR) is 90.6 cm³/mol. The molecule has 0 heterocycles. The number of anilines is 1. The second-order valence-corrected chi connectivity index (χ2v) is 7.59. The van der Waals surface area contributed by atoms with Crippen molar-refractivity contribution >= 4 is 28.3 Å². The van der Waals surface area contributed by atoms with E-state index in [0.29, 0.717) is 6.04 Å². The Morgan fingerprint density at radius 2 is 1.84 bits per heavy atom. The lowest BCUT2D eigenvalue weighted by molar-refractivity contribution is 0.162. The SMILES string of the molecule is Cc1ccc(NC2CCC3CCCCC3C2)cc1I. The third kappa shape index (κ3) is 3.26. The summed E-state index contributed by atoms with van der Waals surface area (Å²) >= 11 is 2.43. The minimum absolute atomic E-state index is 0.706. The van der Waals surface area contributed by atoms with Crippen LogP contribution in [-0.2, 0) is 0 Å². The Hall–Kier alpha value is -0.250. The highest BCUT2D eigenvalue weighted by atomic mass is 127. The van der Waals surface area contributed by atoms with Crippen molar-refractivity contribution in [2.45, 2.75) is 57.9 Å². The van der Waals surface area contributed by atoms with Crippen LogP contribution in [0.3, 0.4) is 0 Å². The van der Waals surface area contributed by atoms with Crippen LogP contribution in [0.5, 0.6) is 0 Å². The summed E-state index contributed by atoms with van der Waals surface area (Å²) in [5.74, 6) is 2.05. The molecule has 0 aromatic heterocycles. The van der Waals surface area contributed by atoms with Gasteiger partial charge >= 0.3 is 0 Å². The third-order valence-electron chi connectivity index (χ3n) is 5.08. The number of aryl methyl sites for hydroxylation is 1. The van der Waals surface area contributed by atoms with Crippen molar-refractivity contribution < 1.29 is 0 Å². The lowest BCUT2D eigenvalue weighted by atomic mass is 9.69. The molecule has 0 radical (unpaired) electrons. The van der Waals surface area contributed by atoms with E-state index in [2.05, 4.69) is 53.0 Å². The first kappa shape index (κ1) is 13.7. The highest BCUT2D eigenvalue weighted by molar-refractivity contribution is 14.1. The fourth-order valence-corrected chi connectivity index (χ4v) is 4.44. The predicted octanol–water partition coefficient (Wildman–Crippen LogP) is 5.37. The maximum Gasteiger partial charge on any atom is 0.0353 e. The van der Waals surface area contributed by atoms with Gasteiger partial charge in [-0.25, -0.2) is 0 Å². The molecular weight excluding hydrogens is 345 g/mol. The standard InChI is InChI=1S/C17H24IN/c1-12-6-8-16(11-17(12)18)19-15-9-7-13-4-2-3-5-14(13)10-15/h6,8,11,13-15,19H,2-5,7,9-10H2,1H3. The molecule has 104 valence electrons. The molecule has 1 aromatic rings. The molecule has 0 amide bonds. The Bertz CT molecular complexity index is 443. The van der Waals surface area contributed by atoms with Gasteiger partial charge in [-0.2, -0.15) is 0 Å². The van der Waals surface area contributed by atoms with E-state index in [9.17, 15) is 0 Å². The fraction of sp³-hybridized carbons (Fsp3) is 0.647. The van der Waals surface area contributed by atoms with Crippen LogP contribution in [-0.4, -0.2) is 6.04 Å². The Labute approximate surface area is 130 Å². The summed E-state index contributed by atoms with van der Waals surface area (Å²) in [4.78, 5) is 0. The van der Waals surface area contributed by atoms with E-state index in [1.165, 1.54) is 59.8 Å². The summed E-state index contributed by atoms with van der Waals surface area (Å²) in [6.07, 6.45) is 10.1. The summed E-state index contributed by atoms with van der Waals surface area (Å²) in [6.45, 7) is 2.18. The van der Waals surface area contributed by atoms with Crippen molar-refractivity contribution in [3.8, 4) is 0 Å². The molecule has 3 atom stereocenters. The van der Waals surface area contributed by atoms with Gasteiger partial charge in [0.1, 0.15) is 0 Å². The molecule has 0 saturated heterocycles. The summed E-state index contributed by atoms with van der Waals surface area (Å²) in [5.41, 5.74) is 2.69. The maximum atomic E-state index is 3.78. The second kappa shape index (κ2) is 6.02. The zero-order valence-electron chi connectivity index (χ0n) is 11.8. The summed E-state index contributed by atoms with van der Waals surface area (Å²) in [5, 5.41) is 3.78. The van der Waals surface area contributed by atoms with Crippen molar-refractivity contribution in [1.29, 1.82) is 0 Å². The van der Waals surface area contributed by atoms with E-state index >= 15 is 0 Å². The van der Waals surface area contributed by atoms with Gasteiger partial charge < -0.3 is 5.32 Å². The lowest BCUT2D eigenvalue weighted by Gasteiger charge is -2.39. The van der Waals surface area contributed by atoms with Gasteiger partial charge in [-0.15, -0.1) is 0 Å².